The van der Waals surface area contributed by atoms with Crippen molar-refractivity contribution in [2.75, 3.05) is 19.6 Å². The van der Waals surface area contributed by atoms with Crippen molar-refractivity contribution in [3.05, 3.63) is 0 Å². The van der Waals surface area contributed by atoms with E-state index in [4.69, 9.17) is 5.11 Å². The first-order valence-corrected chi connectivity index (χ1v) is 7.25. The monoisotopic (exact) mass is 268 g/mol. The molecule has 0 aromatic carbocycles. The number of rotatable bonds is 3. The zero-order chi connectivity index (χ0) is 14.0. The quantitative estimate of drug-likeness (QED) is 0.835. The maximum absolute atomic E-state index is 12.3. The van der Waals surface area contributed by atoms with Crippen LogP contribution in [-0.4, -0.2) is 58.5 Å². The van der Waals surface area contributed by atoms with Gasteiger partial charge in [0, 0.05) is 25.2 Å². The van der Waals surface area contributed by atoms with Gasteiger partial charge in [-0.2, -0.15) is 0 Å². The number of carboxylic acid groups (broad SMARTS) is 1. The molecule has 3 atom stereocenters. The van der Waals surface area contributed by atoms with E-state index in [1.54, 1.807) is 4.90 Å². The van der Waals surface area contributed by atoms with Gasteiger partial charge in [-0.3, -0.25) is 14.5 Å². The Morgan fingerprint density at radius 3 is 2.37 bits per heavy atom. The van der Waals surface area contributed by atoms with Crippen LogP contribution in [-0.2, 0) is 9.59 Å². The van der Waals surface area contributed by atoms with E-state index in [1.165, 1.54) is 0 Å². The number of hydrogen-bond acceptors (Lipinski definition) is 3. The summed E-state index contributed by atoms with van der Waals surface area (Å²) in [5, 5.41) is 9.06. The van der Waals surface area contributed by atoms with E-state index >= 15 is 0 Å². The van der Waals surface area contributed by atoms with Gasteiger partial charge < -0.3 is 10.0 Å². The Hall–Kier alpha value is -1.10. The highest BCUT2D eigenvalue weighted by molar-refractivity contribution is 5.79. The molecule has 0 spiro atoms. The van der Waals surface area contributed by atoms with E-state index in [-0.39, 0.29) is 11.8 Å². The SMILES string of the molecule is CC1CCC(C)N1CC(=O)N1CCCC(C(=O)O)C1. The molecule has 5 heteroatoms. The molecule has 0 aliphatic carbocycles. The second-order valence-corrected chi connectivity index (χ2v) is 5.96. The molecular weight excluding hydrogens is 244 g/mol. The van der Waals surface area contributed by atoms with Gasteiger partial charge in [-0.05, 0) is 39.5 Å². The lowest BCUT2D eigenvalue weighted by Gasteiger charge is -2.33. The Bertz CT molecular complexity index is 349. The summed E-state index contributed by atoms with van der Waals surface area (Å²) in [6, 6.07) is 0.915. The zero-order valence-electron chi connectivity index (χ0n) is 11.8. The van der Waals surface area contributed by atoms with Crippen LogP contribution in [0, 0.1) is 5.92 Å². The van der Waals surface area contributed by atoms with Crippen LogP contribution < -0.4 is 0 Å². The standard InChI is InChI=1S/C14H24N2O3/c1-10-5-6-11(2)16(10)9-13(17)15-7-3-4-12(8-15)14(18)19/h10-12H,3-9H2,1-2H3,(H,18,19). The van der Waals surface area contributed by atoms with Gasteiger partial charge in [0.1, 0.15) is 0 Å². The zero-order valence-corrected chi connectivity index (χ0v) is 11.8. The van der Waals surface area contributed by atoms with Crippen LogP contribution in [0.5, 0.6) is 0 Å². The van der Waals surface area contributed by atoms with Gasteiger partial charge in [-0.25, -0.2) is 0 Å². The van der Waals surface area contributed by atoms with Crippen LogP contribution in [0.4, 0.5) is 0 Å². The Labute approximate surface area is 114 Å². The first kappa shape index (κ1) is 14.3. The van der Waals surface area contributed by atoms with E-state index in [0.717, 1.165) is 19.3 Å². The molecule has 2 heterocycles. The van der Waals surface area contributed by atoms with E-state index < -0.39 is 5.97 Å². The molecule has 5 nitrogen and oxygen atoms in total. The highest BCUT2D eigenvalue weighted by Gasteiger charge is 2.32. The molecule has 1 amide bonds. The van der Waals surface area contributed by atoms with Crippen molar-refractivity contribution in [2.45, 2.75) is 51.6 Å². The summed E-state index contributed by atoms with van der Waals surface area (Å²) in [7, 11) is 0. The van der Waals surface area contributed by atoms with Crippen LogP contribution >= 0.6 is 0 Å². The van der Waals surface area contributed by atoms with Crippen LogP contribution in [0.2, 0.25) is 0 Å². The average molecular weight is 268 g/mol. The molecule has 3 unspecified atom stereocenters. The average Bonchev–Trinajstić information content (AvgIpc) is 2.70. The van der Waals surface area contributed by atoms with E-state index in [0.29, 0.717) is 38.1 Å². The summed E-state index contributed by atoms with van der Waals surface area (Å²) >= 11 is 0. The second kappa shape index (κ2) is 5.90. The summed E-state index contributed by atoms with van der Waals surface area (Å²) in [5.74, 6) is -1.07. The molecule has 2 fully saturated rings. The largest absolute Gasteiger partial charge is 0.481 e. The van der Waals surface area contributed by atoms with Crippen molar-refractivity contribution in [3.63, 3.8) is 0 Å². The van der Waals surface area contributed by atoms with Gasteiger partial charge in [0.2, 0.25) is 5.91 Å². The predicted octanol–water partition coefficient (Wildman–Crippen LogP) is 1.18. The highest BCUT2D eigenvalue weighted by atomic mass is 16.4. The molecule has 2 saturated heterocycles. The third-order valence-electron chi connectivity index (χ3n) is 4.58. The second-order valence-electron chi connectivity index (χ2n) is 5.96. The first-order chi connectivity index (χ1) is 8.99. The fraction of sp³-hybridized carbons (Fsp3) is 0.857. The number of carboxylic acids is 1. The number of piperidine rings is 1. The number of amides is 1. The lowest BCUT2D eigenvalue weighted by molar-refractivity contribution is -0.146. The van der Waals surface area contributed by atoms with Gasteiger partial charge in [0.05, 0.1) is 12.5 Å². The number of aliphatic carboxylic acids is 1. The molecule has 0 aromatic rings. The molecular formula is C14H24N2O3. The van der Waals surface area contributed by atoms with E-state index in [2.05, 4.69) is 18.7 Å². The molecule has 0 saturated carbocycles. The molecule has 0 radical (unpaired) electrons. The maximum Gasteiger partial charge on any atom is 0.308 e. The van der Waals surface area contributed by atoms with Crippen LogP contribution in [0.25, 0.3) is 0 Å². The van der Waals surface area contributed by atoms with Crippen molar-refractivity contribution in [2.24, 2.45) is 5.92 Å². The summed E-state index contributed by atoms with van der Waals surface area (Å²) in [6.07, 6.45) is 3.78. The molecule has 0 bridgehead atoms. The van der Waals surface area contributed by atoms with Crippen LogP contribution in [0.3, 0.4) is 0 Å². The Morgan fingerprint density at radius 2 is 1.79 bits per heavy atom. The number of nitrogens with zero attached hydrogens (tertiary/aromatic N) is 2. The fourth-order valence-electron chi connectivity index (χ4n) is 3.22. The lowest BCUT2D eigenvalue weighted by atomic mass is 9.98. The Balaban J connectivity index is 1.90. The normalized spacial score (nSPS) is 32.5. The minimum absolute atomic E-state index is 0.0894. The first-order valence-electron chi connectivity index (χ1n) is 7.25. The fourth-order valence-corrected chi connectivity index (χ4v) is 3.22. The van der Waals surface area contributed by atoms with Crippen molar-refractivity contribution >= 4 is 11.9 Å². The smallest absolute Gasteiger partial charge is 0.308 e. The van der Waals surface area contributed by atoms with Crippen LogP contribution in [0.1, 0.15) is 39.5 Å². The number of likely N-dealkylation sites (tertiary alicyclic amines) is 2. The maximum atomic E-state index is 12.3. The molecule has 1 N–H and O–H groups in total. The third-order valence-corrected chi connectivity index (χ3v) is 4.58. The lowest BCUT2D eigenvalue weighted by Crippen LogP contribution is -2.48. The van der Waals surface area contributed by atoms with E-state index in [1.807, 2.05) is 0 Å². The molecule has 2 aliphatic heterocycles. The minimum atomic E-state index is -0.777. The number of hydrogen-bond donors (Lipinski definition) is 1. The van der Waals surface area contributed by atoms with Crippen molar-refractivity contribution < 1.29 is 14.7 Å². The summed E-state index contributed by atoms with van der Waals surface area (Å²) in [6.45, 7) is 5.85. The summed E-state index contributed by atoms with van der Waals surface area (Å²) in [5.41, 5.74) is 0. The molecule has 2 rings (SSSR count). The summed E-state index contributed by atoms with van der Waals surface area (Å²) < 4.78 is 0. The van der Waals surface area contributed by atoms with Gasteiger partial charge in [0.25, 0.3) is 0 Å². The van der Waals surface area contributed by atoms with Gasteiger partial charge in [-0.1, -0.05) is 0 Å². The van der Waals surface area contributed by atoms with Crippen molar-refractivity contribution in [1.82, 2.24) is 9.80 Å². The minimum Gasteiger partial charge on any atom is -0.481 e. The Kier molecular flexibility index (Phi) is 4.45. The summed E-state index contributed by atoms with van der Waals surface area (Å²) in [4.78, 5) is 27.3. The Morgan fingerprint density at radius 1 is 1.16 bits per heavy atom. The van der Waals surface area contributed by atoms with Crippen molar-refractivity contribution in [1.29, 1.82) is 0 Å². The number of carbonyl (C=O) groups is 2. The van der Waals surface area contributed by atoms with Crippen molar-refractivity contribution in [3.8, 4) is 0 Å². The molecule has 108 valence electrons. The highest BCUT2D eigenvalue weighted by Crippen LogP contribution is 2.24. The van der Waals surface area contributed by atoms with Gasteiger partial charge >= 0.3 is 5.97 Å². The third kappa shape index (κ3) is 3.26. The molecule has 2 aliphatic rings. The predicted molar refractivity (Wildman–Crippen MR) is 71.8 cm³/mol. The van der Waals surface area contributed by atoms with Gasteiger partial charge in [-0.15, -0.1) is 0 Å². The van der Waals surface area contributed by atoms with Gasteiger partial charge in [0.15, 0.2) is 0 Å². The topological polar surface area (TPSA) is 60.9 Å². The molecule has 19 heavy (non-hydrogen) atoms. The number of carbonyl (C=O) groups excluding carboxylic acids is 1. The van der Waals surface area contributed by atoms with Crippen LogP contribution in [0.15, 0.2) is 0 Å². The van der Waals surface area contributed by atoms with E-state index in [9.17, 15) is 9.59 Å². The molecule has 0 aromatic heterocycles.